The molecular weight excluding hydrogens is 412 g/mol. The fourth-order valence-corrected chi connectivity index (χ4v) is 4.26. The summed E-state index contributed by atoms with van der Waals surface area (Å²) in [5.41, 5.74) is 4.58. The van der Waals surface area contributed by atoms with Crippen LogP contribution in [0.1, 0.15) is 11.1 Å². The molecule has 0 atom stereocenters. The number of para-hydroxylation sites is 2. The number of fused-ring (bicyclic) bond motifs is 1. The van der Waals surface area contributed by atoms with Crippen molar-refractivity contribution in [1.29, 1.82) is 0 Å². The van der Waals surface area contributed by atoms with Crippen LogP contribution in [0.2, 0.25) is 5.02 Å². The summed E-state index contributed by atoms with van der Waals surface area (Å²) >= 11 is 6.50. The Morgan fingerprint density at radius 2 is 1.77 bits per heavy atom. The van der Waals surface area contributed by atoms with E-state index in [1.54, 1.807) is 6.20 Å². The Balaban J connectivity index is 1.33. The van der Waals surface area contributed by atoms with E-state index >= 15 is 0 Å². The van der Waals surface area contributed by atoms with Crippen LogP contribution < -0.4 is 10.5 Å². The molecule has 2 aromatic heterocycles. The number of nitrogens with zero attached hydrogens (tertiary/aromatic N) is 5. The molecule has 0 amide bonds. The van der Waals surface area contributed by atoms with E-state index in [0.29, 0.717) is 11.6 Å². The second kappa shape index (κ2) is 8.17. The van der Waals surface area contributed by atoms with Crippen LogP contribution in [-0.4, -0.2) is 50.8 Å². The Bertz CT molecular complexity index is 1260. The highest BCUT2D eigenvalue weighted by atomic mass is 35.5. The monoisotopic (exact) mass is 434 g/mol. The number of aryl methyl sites for hydroxylation is 1. The van der Waals surface area contributed by atoms with Crippen LogP contribution in [0.25, 0.3) is 17.0 Å². The van der Waals surface area contributed by atoms with Gasteiger partial charge in [-0.1, -0.05) is 48.0 Å². The van der Waals surface area contributed by atoms with E-state index in [9.17, 15) is 4.79 Å². The number of benzene rings is 2. The van der Waals surface area contributed by atoms with E-state index < -0.39 is 0 Å². The molecule has 5 rings (SSSR count). The van der Waals surface area contributed by atoms with Crippen molar-refractivity contribution in [3.05, 3.63) is 81.2 Å². The van der Waals surface area contributed by atoms with Gasteiger partial charge >= 0.3 is 0 Å². The van der Waals surface area contributed by atoms with Gasteiger partial charge in [-0.3, -0.25) is 9.69 Å². The fourth-order valence-electron chi connectivity index (χ4n) is 4.01. The van der Waals surface area contributed by atoms with Crippen molar-refractivity contribution in [1.82, 2.24) is 24.6 Å². The van der Waals surface area contributed by atoms with Crippen LogP contribution in [-0.2, 0) is 6.54 Å². The van der Waals surface area contributed by atoms with Gasteiger partial charge in [-0.05, 0) is 30.2 Å². The number of nitrogens with one attached hydrogen (secondary N) is 1. The molecule has 158 valence electrons. The van der Waals surface area contributed by atoms with E-state index in [0.717, 1.165) is 43.8 Å². The van der Waals surface area contributed by atoms with Gasteiger partial charge in [0.15, 0.2) is 0 Å². The number of imidazole rings is 1. The molecule has 0 radical (unpaired) electrons. The van der Waals surface area contributed by atoms with Gasteiger partial charge in [0.25, 0.3) is 5.56 Å². The molecule has 0 spiro atoms. The third kappa shape index (κ3) is 3.82. The van der Waals surface area contributed by atoms with Crippen molar-refractivity contribution >= 4 is 28.3 Å². The molecule has 4 aromatic rings. The Labute approximate surface area is 184 Å². The normalized spacial score (nSPS) is 15.0. The molecule has 1 saturated heterocycles. The molecule has 0 saturated carbocycles. The fraction of sp³-hybridized carbons (Fsp3) is 0.261. The Morgan fingerprint density at radius 1 is 1.03 bits per heavy atom. The zero-order chi connectivity index (χ0) is 21.4. The lowest BCUT2D eigenvalue weighted by Crippen LogP contribution is -2.46. The number of anilines is 1. The number of hydrogen-bond acceptors (Lipinski definition) is 5. The van der Waals surface area contributed by atoms with Crippen LogP contribution in [0.15, 0.2) is 59.5 Å². The largest absolute Gasteiger partial charge is 0.366 e. The van der Waals surface area contributed by atoms with Crippen LogP contribution in [0.4, 0.5) is 5.69 Å². The molecular formula is C23H23ClN6O. The van der Waals surface area contributed by atoms with Gasteiger partial charge in [-0.15, -0.1) is 0 Å². The quantitative estimate of drug-likeness (QED) is 0.533. The third-order valence-electron chi connectivity index (χ3n) is 5.85. The molecule has 8 heteroatoms. The van der Waals surface area contributed by atoms with E-state index in [1.807, 2.05) is 24.3 Å². The first-order valence-corrected chi connectivity index (χ1v) is 10.7. The van der Waals surface area contributed by atoms with Crippen LogP contribution in [0, 0.1) is 6.92 Å². The van der Waals surface area contributed by atoms with E-state index in [4.69, 9.17) is 11.6 Å². The number of rotatable bonds is 4. The zero-order valence-electron chi connectivity index (χ0n) is 17.3. The lowest BCUT2D eigenvalue weighted by molar-refractivity contribution is 0.249. The van der Waals surface area contributed by atoms with Crippen molar-refractivity contribution in [2.75, 3.05) is 31.1 Å². The summed E-state index contributed by atoms with van der Waals surface area (Å²) < 4.78 is 1.22. The van der Waals surface area contributed by atoms with Gasteiger partial charge in [0, 0.05) is 32.7 Å². The molecule has 3 heterocycles. The Kier molecular flexibility index (Phi) is 5.21. The Hall–Kier alpha value is -3.16. The summed E-state index contributed by atoms with van der Waals surface area (Å²) in [5, 5.41) is 4.52. The predicted molar refractivity (Wildman–Crippen MR) is 123 cm³/mol. The summed E-state index contributed by atoms with van der Waals surface area (Å²) in [6.07, 6.45) is 1.66. The molecule has 0 aliphatic carbocycles. The summed E-state index contributed by atoms with van der Waals surface area (Å²) in [7, 11) is 0. The smallest absolute Gasteiger partial charge is 0.295 e. The number of aromatic nitrogens is 4. The van der Waals surface area contributed by atoms with Crippen LogP contribution in [0.3, 0.4) is 0 Å². The van der Waals surface area contributed by atoms with Crippen molar-refractivity contribution < 1.29 is 0 Å². The van der Waals surface area contributed by atoms with Gasteiger partial charge in [-0.2, -0.15) is 9.78 Å². The average Bonchev–Trinajstić information content (AvgIpc) is 3.22. The van der Waals surface area contributed by atoms with Gasteiger partial charge in [0.05, 0.1) is 22.9 Å². The molecule has 7 nitrogen and oxygen atoms in total. The van der Waals surface area contributed by atoms with Gasteiger partial charge in [-0.25, -0.2) is 4.98 Å². The summed E-state index contributed by atoms with van der Waals surface area (Å²) in [6.45, 7) is 6.46. The van der Waals surface area contributed by atoms with Crippen molar-refractivity contribution in [3.8, 4) is 5.95 Å². The second-order valence-corrected chi connectivity index (χ2v) is 8.21. The first-order valence-electron chi connectivity index (χ1n) is 10.3. The standard InChI is InChI=1S/C23H23ClN6O/c1-16-6-2-3-7-17(16)15-28-10-12-29(13-11-28)20-14-25-30(22(31)21(20)24)23-26-18-8-4-5-9-19(18)27-23/h2-9,14H,10-13,15H2,1H3,(H,26,27). The maximum Gasteiger partial charge on any atom is 0.295 e. The second-order valence-electron chi connectivity index (χ2n) is 7.83. The SMILES string of the molecule is Cc1ccccc1CN1CCN(c2cnn(-c3nc4ccccc4[nH]3)c(=O)c2Cl)CC1. The number of hydrogen-bond donors (Lipinski definition) is 1. The number of aromatic amines is 1. The van der Waals surface area contributed by atoms with Crippen molar-refractivity contribution in [3.63, 3.8) is 0 Å². The van der Waals surface area contributed by atoms with E-state index in [2.05, 4.69) is 56.1 Å². The lowest BCUT2D eigenvalue weighted by atomic mass is 10.1. The van der Waals surface area contributed by atoms with Crippen molar-refractivity contribution in [2.24, 2.45) is 0 Å². The van der Waals surface area contributed by atoms with E-state index in [1.165, 1.54) is 15.8 Å². The molecule has 2 aromatic carbocycles. The van der Waals surface area contributed by atoms with Crippen molar-refractivity contribution in [2.45, 2.75) is 13.5 Å². The minimum atomic E-state index is -0.374. The zero-order valence-corrected chi connectivity index (χ0v) is 18.0. The average molecular weight is 435 g/mol. The number of H-pyrrole nitrogens is 1. The molecule has 1 aliphatic heterocycles. The number of piperazine rings is 1. The summed E-state index contributed by atoms with van der Waals surface area (Å²) in [6, 6.07) is 16.1. The van der Waals surface area contributed by atoms with Gasteiger partial charge < -0.3 is 9.88 Å². The maximum absolute atomic E-state index is 12.9. The minimum Gasteiger partial charge on any atom is -0.366 e. The summed E-state index contributed by atoms with van der Waals surface area (Å²) in [5.74, 6) is 0.364. The highest BCUT2D eigenvalue weighted by Gasteiger charge is 2.22. The summed E-state index contributed by atoms with van der Waals surface area (Å²) in [4.78, 5) is 25.1. The van der Waals surface area contributed by atoms with E-state index in [-0.39, 0.29) is 10.6 Å². The lowest BCUT2D eigenvalue weighted by Gasteiger charge is -2.36. The van der Waals surface area contributed by atoms with Gasteiger partial charge in [0.1, 0.15) is 5.02 Å². The molecule has 1 N–H and O–H groups in total. The molecule has 31 heavy (non-hydrogen) atoms. The molecule has 0 unspecified atom stereocenters. The maximum atomic E-state index is 12.9. The van der Waals surface area contributed by atoms with Gasteiger partial charge in [0.2, 0.25) is 5.95 Å². The van der Waals surface area contributed by atoms with Crippen LogP contribution >= 0.6 is 11.6 Å². The highest BCUT2D eigenvalue weighted by Crippen LogP contribution is 2.24. The molecule has 1 fully saturated rings. The first kappa shape index (κ1) is 19.8. The number of halogens is 1. The Morgan fingerprint density at radius 3 is 2.55 bits per heavy atom. The molecule has 1 aliphatic rings. The minimum absolute atomic E-state index is 0.169. The topological polar surface area (TPSA) is 70.0 Å². The van der Waals surface area contributed by atoms with Crippen LogP contribution in [0.5, 0.6) is 0 Å². The third-order valence-corrected chi connectivity index (χ3v) is 6.20. The highest BCUT2D eigenvalue weighted by molar-refractivity contribution is 6.33. The molecule has 0 bridgehead atoms. The first-order chi connectivity index (χ1) is 15.1. The predicted octanol–water partition coefficient (Wildman–Crippen LogP) is 3.39.